The predicted molar refractivity (Wildman–Crippen MR) is 96.1 cm³/mol. The molecule has 1 amide bonds. The minimum absolute atomic E-state index is 0.229. The average Bonchev–Trinajstić information content (AvgIpc) is 2.53. The van der Waals surface area contributed by atoms with Gasteiger partial charge in [0, 0.05) is 9.13 Å². The number of hydrogen-bond donors (Lipinski definition) is 1. The Balaban J connectivity index is 2.27. The van der Waals surface area contributed by atoms with E-state index in [2.05, 4.69) is 27.3 Å². The second-order valence-electron chi connectivity index (χ2n) is 5.08. The zero-order valence-corrected chi connectivity index (χ0v) is 15.3. The number of hydroxylamine groups is 1. The topological polar surface area (TPSA) is 59.0 Å². The molecule has 23 heavy (non-hydrogen) atoms. The number of methoxy groups -OCH3 is 1. The van der Waals surface area contributed by atoms with Crippen LogP contribution in [0.15, 0.2) is 36.4 Å². The molecule has 122 valence electrons. The van der Waals surface area contributed by atoms with Gasteiger partial charge >= 0.3 is 6.09 Å². The lowest BCUT2D eigenvalue weighted by molar-refractivity contribution is 0.140. The lowest BCUT2D eigenvalue weighted by Gasteiger charge is -2.19. The van der Waals surface area contributed by atoms with E-state index in [0.29, 0.717) is 16.3 Å². The Kier molecular flexibility index (Phi) is 5.84. The molecule has 2 rings (SSSR count). The summed E-state index contributed by atoms with van der Waals surface area (Å²) in [5.41, 5.74) is 3.25. The van der Waals surface area contributed by atoms with Crippen LogP contribution in [0.5, 0.6) is 5.75 Å². The number of hydrogen-bond acceptors (Lipinski definition) is 4. The highest BCUT2D eigenvalue weighted by Gasteiger charge is 2.19. The standard InChI is InChI=1S/C17H18INO4/c1-11-7-8-16(12(2)9-11)23-10-13-14(18)5-4-6-15(13)19(21)17(20)22-3/h4-9,21H,10H2,1-3H3. The number of amides is 1. The maximum Gasteiger partial charge on any atom is 0.438 e. The van der Waals surface area contributed by atoms with Gasteiger partial charge in [-0.2, -0.15) is 5.06 Å². The summed E-state index contributed by atoms with van der Waals surface area (Å²) >= 11 is 2.14. The van der Waals surface area contributed by atoms with E-state index in [9.17, 15) is 10.0 Å². The normalized spacial score (nSPS) is 10.3. The summed E-state index contributed by atoms with van der Waals surface area (Å²) in [7, 11) is 1.21. The number of aryl methyl sites for hydroxylation is 2. The lowest BCUT2D eigenvalue weighted by atomic mass is 10.1. The fourth-order valence-electron chi connectivity index (χ4n) is 2.18. The van der Waals surface area contributed by atoms with Crippen LogP contribution in [0.4, 0.5) is 10.5 Å². The molecule has 0 heterocycles. The first-order valence-corrected chi connectivity index (χ1v) is 8.06. The van der Waals surface area contributed by atoms with E-state index in [0.717, 1.165) is 20.4 Å². The van der Waals surface area contributed by atoms with Gasteiger partial charge in [-0.1, -0.05) is 23.8 Å². The molecule has 0 atom stereocenters. The third-order valence-electron chi connectivity index (χ3n) is 3.37. The van der Waals surface area contributed by atoms with Crippen molar-refractivity contribution in [3.05, 3.63) is 56.7 Å². The van der Waals surface area contributed by atoms with Gasteiger partial charge in [0.05, 0.1) is 12.8 Å². The first kappa shape index (κ1) is 17.6. The molecule has 0 spiro atoms. The first-order chi connectivity index (χ1) is 10.9. The Bertz CT molecular complexity index is 718. The van der Waals surface area contributed by atoms with Crippen molar-refractivity contribution in [2.75, 3.05) is 12.2 Å². The number of halogens is 1. The van der Waals surface area contributed by atoms with Crippen LogP contribution < -0.4 is 9.80 Å². The van der Waals surface area contributed by atoms with Crippen LogP contribution in [-0.2, 0) is 11.3 Å². The number of anilines is 1. The van der Waals surface area contributed by atoms with Gasteiger partial charge < -0.3 is 9.47 Å². The second kappa shape index (κ2) is 7.65. The highest BCUT2D eigenvalue weighted by Crippen LogP contribution is 2.28. The van der Waals surface area contributed by atoms with Crippen LogP contribution >= 0.6 is 22.6 Å². The zero-order valence-electron chi connectivity index (χ0n) is 13.2. The summed E-state index contributed by atoms with van der Waals surface area (Å²) < 4.78 is 11.3. The van der Waals surface area contributed by atoms with Crippen molar-refractivity contribution in [1.29, 1.82) is 0 Å². The lowest BCUT2D eigenvalue weighted by Crippen LogP contribution is -2.28. The number of carbonyl (C=O) groups excluding carboxylic acids is 1. The molecule has 0 saturated carbocycles. The van der Waals surface area contributed by atoms with Crippen molar-refractivity contribution in [3.63, 3.8) is 0 Å². The van der Waals surface area contributed by atoms with E-state index < -0.39 is 6.09 Å². The Morgan fingerprint density at radius 2 is 2.00 bits per heavy atom. The van der Waals surface area contributed by atoms with Crippen LogP contribution in [0.1, 0.15) is 16.7 Å². The Morgan fingerprint density at radius 3 is 2.65 bits per heavy atom. The van der Waals surface area contributed by atoms with Crippen molar-refractivity contribution in [2.45, 2.75) is 20.5 Å². The molecule has 0 bridgehead atoms. The maximum absolute atomic E-state index is 11.6. The zero-order chi connectivity index (χ0) is 17.0. The van der Waals surface area contributed by atoms with Gasteiger partial charge in [-0.15, -0.1) is 0 Å². The minimum Gasteiger partial charge on any atom is -0.489 e. The molecule has 5 nitrogen and oxygen atoms in total. The van der Waals surface area contributed by atoms with E-state index in [1.165, 1.54) is 7.11 Å². The quantitative estimate of drug-likeness (QED) is 0.445. The molecule has 0 saturated heterocycles. The molecule has 6 heteroatoms. The number of benzene rings is 2. The van der Waals surface area contributed by atoms with E-state index in [-0.39, 0.29) is 6.61 Å². The number of ether oxygens (including phenoxy) is 2. The van der Waals surface area contributed by atoms with Crippen LogP contribution in [0.2, 0.25) is 0 Å². The number of rotatable bonds is 4. The van der Waals surface area contributed by atoms with Gasteiger partial charge in [-0.25, -0.2) is 4.79 Å². The summed E-state index contributed by atoms with van der Waals surface area (Å²) in [6.45, 7) is 4.23. The van der Waals surface area contributed by atoms with Crippen LogP contribution in [-0.4, -0.2) is 18.4 Å². The Labute approximate surface area is 148 Å². The smallest absolute Gasteiger partial charge is 0.438 e. The molecule has 0 aliphatic carbocycles. The third kappa shape index (κ3) is 4.14. The van der Waals surface area contributed by atoms with E-state index >= 15 is 0 Å². The van der Waals surface area contributed by atoms with Crippen molar-refractivity contribution in [2.24, 2.45) is 0 Å². The molecule has 0 aliphatic rings. The third-order valence-corrected chi connectivity index (χ3v) is 4.38. The maximum atomic E-state index is 11.6. The average molecular weight is 427 g/mol. The molecule has 1 N–H and O–H groups in total. The van der Waals surface area contributed by atoms with Crippen LogP contribution in [0.3, 0.4) is 0 Å². The predicted octanol–water partition coefficient (Wildman–Crippen LogP) is 4.45. The molecule has 2 aromatic carbocycles. The van der Waals surface area contributed by atoms with Gasteiger partial charge in [0.2, 0.25) is 0 Å². The number of nitrogens with zero attached hydrogens (tertiary/aromatic N) is 1. The summed E-state index contributed by atoms with van der Waals surface area (Å²) in [6, 6.07) is 11.2. The molecule has 0 radical (unpaired) electrons. The van der Waals surface area contributed by atoms with Crippen molar-refractivity contribution in [1.82, 2.24) is 0 Å². The van der Waals surface area contributed by atoms with Gasteiger partial charge in [0.15, 0.2) is 0 Å². The SMILES string of the molecule is COC(=O)N(O)c1cccc(I)c1COc1ccc(C)cc1C. The van der Waals surface area contributed by atoms with Crippen molar-refractivity contribution < 1.29 is 19.5 Å². The van der Waals surface area contributed by atoms with Crippen molar-refractivity contribution >= 4 is 34.4 Å². The van der Waals surface area contributed by atoms with Crippen LogP contribution in [0, 0.1) is 17.4 Å². The Hall–Kier alpha value is -1.80. The highest BCUT2D eigenvalue weighted by atomic mass is 127. The monoisotopic (exact) mass is 427 g/mol. The molecule has 0 unspecified atom stereocenters. The summed E-state index contributed by atoms with van der Waals surface area (Å²) in [6.07, 6.45) is -0.847. The fourth-order valence-corrected chi connectivity index (χ4v) is 2.82. The Morgan fingerprint density at radius 1 is 1.26 bits per heavy atom. The summed E-state index contributed by atoms with van der Waals surface area (Å²) in [5.74, 6) is 0.767. The highest BCUT2D eigenvalue weighted by molar-refractivity contribution is 14.1. The summed E-state index contributed by atoms with van der Waals surface area (Å²) in [5, 5.41) is 10.5. The van der Waals surface area contributed by atoms with E-state index in [4.69, 9.17) is 4.74 Å². The molecule has 0 aromatic heterocycles. The summed E-state index contributed by atoms with van der Waals surface area (Å²) in [4.78, 5) is 11.6. The largest absolute Gasteiger partial charge is 0.489 e. The van der Waals surface area contributed by atoms with Crippen LogP contribution in [0.25, 0.3) is 0 Å². The molecule has 2 aromatic rings. The number of carbonyl (C=O) groups is 1. The first-order valence-electron chi connectivity index (χ1n) is 6.98. The molecule has 0 fully saturated rings. The minimum atomic E-state index is -0.847. The second-order valence-corrected chi connectivity index (χ2v) is 6.24. The fraction of sp³-hybridized carbons (Fsp3) is 0.235. The van der Waals surface area contributed by atoms with Crippen molar-refractivity contribution in [3.8, 4) is 5.75 Å². The van der Waals surface area contributed by atoms with Gasteiger partial charge in [-0.05, 0) is 60.2 Å². The van der Waals surface area contributed by atoms with Gasteiger partial charge in [0.1, 0.15) is 12.4 Å². The molecule has 0 aliphatic heterocycles. The molecular weight excluding hydrogens is 409 g/mol. The van der Waals surface area contributed by atoms with Gasteiger partial charge in [0.25, 0.3) is 0 Å². The molecular formula is C17H18INO4. The van der Waals surface area contributed by atoms with E-state index in [1.54, 1.807) is 12.1 Å². The van der Waals surface area contributed by atoms with Gasteiger partial charge in [-0.3, -0.25) is 5.21 Å². The van der Waals surface area contributed by atoms with E-state index in [1.807, 2.05) is 38.1 Å².